The summed E-state index contributed by atoms with van der Waals surface area (Å²) in [6, 6.07) is 6.45. The minimum atomic E-state index is -0.635. The molecule has 2 rings (SSSR count). The number of rotatable bonds is 3. The molecule has 1 aliphatic rings. The zero-order chi connectivity index (χ0) is 17.9. The summed E-state index contributed by atoms with van der Waals surface area (Å²) in [5.74, 6) is -0.389. The molecule has 0 N–H and O–H groups in total. The molecule has 1 saturated heterocycles. The van der Waals surface area contributed by atoms with Crippen molar-refractivity contribution in [2.75, 3.05) is 6.61 Å². The van der Waals surface area contributed by atoms with Crippen molar-refractivity contribution in [1.29, 1.82) is 0 Å². The van der Waals surface area contributed by atoms with Crippen molar-refractivity contribution in [3.63, 3.8) is 0 Å². The Hall–Kier alpha value is -0.750. The Kier molecular flexibility index (Phi) is 8.26. The molecule has 25 heavy (non-hydrogen) atoms. The Morgan fingerprint density at radius 1 is 1.20 bits per heavy atom. The van der Waals surface area contributed by atoms with E-state index in [0.29, 0.717) is 17.9 Å². The van der Waals surface area contributed by atoms with Crippen LogP contribution in [0, 0.1) is 0 Å². The number of halogens is 1. The van der Waals surface area contributed by atoms with Crippen molar-refractivity contribution in [1.82, 2.24) is 4.90 Å². The van der Waals surface area contributed by atoms with Crippen LogP contribution in [0.4, 0.5) is 4.79 Å². The van der Waals surface area contributed by atoms with Crippen LogP contribution in [0.15, 0.2) is 24.3 Å². The monoisotopic (exact) mass is 376 g/mol. The molecule has 1 heterocycles. The van der Waals surface area contributed by atoms with Crippen LogP contribution < -0.4 is 0 Å². The van der Waals surface area contributed by atoms with Crippen molar-refractivity contribution < 1.29 is 19.1 Å². The Labute approximate surface area is 176 Å². The summed E-state index contributed by atoms with van der Waals surface area (Å²) in [4.78, 5) is 26.5. The fourth-order valence-electron chi connectivity index (χ4n) is 2.86. The molecule has 0 aliphatic carbocycles. The van der Waals surface area contributed by atoms with Gasteiger partial charge in [-0.2, -0.15) is 0 Å². The van der Waals surface area contributed by atoms with E-state index in [9.17, 15) is 9.59 Å². The summed E-state index contributed by atoms with van der Waals surface area (Å²) in [7, 11) is 0. The van der Waals surface area contributed by atoms with Crippen LogP contribution in [-0.4, -0.2) is 64.8 Å². The summed E-state index contributed by atoms with van der Waals surface area (Å²) in [6.45, 7) is 7.44. The van der Waals surface area contributed by atoms with Gasteiger partial charge in [-0.15, -0.1) is 0 Å². The summed E-state index contributed by atoms with van der Waals surface area (Å²) in [6.07, 6.45) is 0.716. The third-order valence-corrected chi connectivity index (χ3v) is 4.05. The third-order valence-electron chi connectivity index (χ3n) is 3.80. The molecule has 0 spiro atoms. The topological polar surface area (TPSA) is 55.8 Å². The molecule has 7 heteroatoms. The number of hydrogen-bond acceptors (Lipinski definition) is 4. The second kappa shape index (κ2) is 9.26. The molecular weight excluding hydrogens is 353 g/mol. The van der Waals surface area contributed by atoms with Gasteiger partial charge < -0.3 is 9.47 Å². The second-order valence-corrected chi connectivity index (χ2v) is 7.24. The standard InChI is InChI=1S/C18H24ClNO4.Na/c1-5-23-16(21)15-11-10-14(12-6-8-13(19)9-7-12)20(15)17(22)24-18(2,3)4;/h6-9,14-15H,5,10-11H2,1-4H3;/t14-,15+;/m0./s1. The van der Waals surface area contributed by atoms with Crippen LogP contribution in [0.2, 0.25) is 5.02 Å². The van der Waals surface area contributed by atoms with Crippen LogP contribution in [-0.2, 0) is 14.3 Å². The van der Waals surface area contributed by atoms with Gasteiger partial charge in [-0.25, -0.2) is 9.59 Å². The molecule has 133 valence electrons. The molecule has 0 unspecified atom stereocenters. The Morgan fingerprint density at radius 2 is 1.80 bits per heavy atom. The predicted octanol–water partition coefficient (Wildman–Crippen LogP) is 3.96. The average Bonchev–Trinajstić information content (AvgIpc) is 2.91. The number of nitrogens with zero attached hydrogens (tertiary/aromatic N) is 1. The first-order chi connectivity index (χ1) is 11.2. The molecule has 5 nitrogen and oxygen atoms in total. The van der Waals surface area contributed by atoms with E-state index >= 15 is 0 Å². The van der Waals surface area contributed by atoms with Crippen molar-refractivity contribution in [2.24, 2.45) is 0 Å². The Bertz CT molecular complexity index is 600. The van der Waals surface area contributed by atoms with Gasteiger partial charge in [-0.1, -0.05) is 23.7 Å². The van der Waals surface area contributed by atoms with Gasteiger partial charge in [0.1, 0.15) is 11.6 Å². The van der Waals surface area contributed by atoms with Crippen molar-refractivity contribution >= 4 is 53.2 Å². The minimum Gasteiger partial charge on any atom is -0.464 e. The first kappa shape index (κ1) is 22.3. The van der Waals surface area contributed by atoms with Crippen LogP contribution in [0.25, 0.3) is 0 Å². The van der Waals surface area contributed by atoms with Crippen molar-refractivity contribution in [2.45, 2.75) is 58.2 Å². The third kappa shape index (κ3) is 5.88. The second-order valence-electron chi connectivity index (χ2n) is 6.80. The smallest absolute Gasteiger partial charge is 0.411 e. The molecule has 0 aromatic heterocycles. The van der Waals surface area contributed by atoms with E-state index in [-0.39, 0.29) is 48.2 Å². The van der Waals surface area contributed by atoms with Crippen LogP contribution in [0.3, 0.4) is 0 Å². The van der Waals surface area contributed by atoms with Crippen molar-refractivity contribution in [3.05, 3.63) is 34.9 Å². The van der Waals surface area contributed by atoms with E-state index in [2.05, 4.69) is 0 Å². The first-order valence-electron chi connectivity index (χ1n) is 8.16. The van der Waals surface area contributed by atoms with E-state index in [1.54, 1.807) is 39.8 Å². The van der Waals surface area contributed by atoms with E-state index in [1.165, 1.54) is 4.90 Å². The molecule has 1 aromatic carbocycles. The van der Waals surface area contributed by atoms with Gasteiger partial charge in [0, 0.05) is 34.6 Å². The Morgan fingerprint density at radius 3 is 2.32 bits per heavy atom. The normalized spacial score (nSPS) is 20.0. The number of amides is 1. The maximum atomic E-state index is 12.7. The molecule has 1 fully saturated rings. The summed E-state index contributed by atoms with van der Waals surface area (Å²) in [5, 5.41) is 0.627. The maximum Gasteiger partial charge on any atom is 0.411 e. The fourth-order valence-corrected chi connectivity index (χ4v) is 2.99. The number of ether oxygens (including phenoxy) is 2. The SMILES string of the molecule is CCOC(=O)[C@H]1CC[C@@H](c2ccc(Cl)cc2)N1C(=O)OC(C)(C)C.[Na]. The van der Waals surface area contributed by atoms with Gasteiger partial charge in [0.25, 0.3) is 0 Å². The molecule has 0 saturated carbocycles. The number of carbonyl (C=O) groups is 2. The molecule has 1 aliphatic heterocycles. The van der Waals surface area contributed by atoms with Crippen LogP contribution in [0.5, 0.6) is 0 Å². The molecular formula is C18H24ClNNaO4. The summed E-state index contributed by atoms with van der Waals surface area (Å²) in [5.41, 5.74) is 0.292. The number of esters is 1. The number of likely N-dealkylation sites (tertiary alicyclic amines) is 1. The van der Waals surface area contributed by atoms with E-state index in [0.717, 1.165) is 5.56 Å². The van der Waals surface area contributed by atoms with Crippen LogP contribution >= 0.6 is 11.6 Å². The summed E-state index contributed by atoms with van der Waals surface area (Å²) >= 11 is 5.95. The van der Waals surface area contributed by atoms with Crippen LogP contribution in [0.1, 0.15) is 52.1 Å². The molecule has 1 radical (unpaired) electrons. The quantitative estimate of drug-likeness (QED) is 0.591. The van der Waals surface area contributed by atoms with Crippen molar-refractivity contribution in [3.8, 4) is 0 Å². The molecule has 0 bridgehead atoms. The van der Waals surface area contributed by atoms with Gasteiger partial charge in [0.05, 0.1) is 12.6 Å². The largest absolute Gasteiger partial charge is 0.464 e. The number of benzene rings is 1. The van der Waals surface area contributed by atoms with Gasteiger partial charge in [-0.3, -0.25) is 4.90 Å². The average molecular weight is 377 g/mol. The minimum absolute atomic E-state index is 0. The van der Waals surface area contributed by atoms with E-state index < -0.39 is 17.7 Å². The molecule has 2 atom stereocenters. The van der Waals surface area contributed by atoms with Gasteiger partial charge in [0.15, 0.2) is 0 Å². The fraction of sp³-hybridized carbons (Fsp3) is 0.556. The first-order valence-corrected chi connectivity index (χ1v) is 8.54. The zero-order valence-electron chi connectivity index (χ0n) is 15.5. The number of hydrogen-bond donors (Lipinski definition) is 0. The van der Waals surface area contributed by atoms with E-state index in [4.69, 9.17) is 21.1 Å². The molecule has 1 aromatic rings. The van der Waals surface area contributed by atoms with E-state index in [1.807, 2.05) is 12.1 Å². The predicted molar refractivity (Wildman–Crippen MR) is 97.7 cm³/mol. The van der Waals surface area contributed by atoms with Gasteiger partial charge in [0.2, 0.25) is 0 Å². The number of carbonyl (C=O) groups excluding carboxylic acids is 2. The summed E-state index contributed by atoms with van der Waals surface area (Å²) < 4.78 is 10.6. The Balaban J connectivity index is 0.00000312. The zero-order valence-corrected chi connectivity index (χ0v) is 18.3. The van der Waals surface area contributed by atoms with Gasteiger partial charge in [-0.05, 0) is 58.2 Å². The molecule has 1 amide bonds. The maximum absolute atomic E-state index is 12.7. The van der Waals surface area contributed by atoms with Gasteiger partial charge >= 0.3 is 12.1 Å².